The molecule has 4 rings (SSSR count). The van der Waals surface area contributed by atoms with Crippen molar-refractivity contribution in [1.82, 2.24) is 10.2 Å². The Morgan fingerprint density at radius 1 is 1.09 bits per heavy atom. The zero-order valence-electron chi connectivity index (χ0n) is 26.2. The third-order valence-corrected chi connectivity index (χ3v) is 7.10. The number of anilines is 3. The van der Waals surface area contributed by atoms with Gasteiger partial charge in [-0.05, 0) is 63.6 Å². The Morgan fingerprint density at radius 2 is 1.84 bits per heavy atom. The molecule has 0 radical (unpaired) electrons. The number of cyclic esters (lactones) is 1. The lowest BCUT2D eigenvalue weighted by Gasteiger charge is -2.36. The molecule has 0 spiro atoms. The summed E-state index contributed by atoms with van der Waals surface area (Å²) in [4.78, 5) is 53.2. The summed E-state index contributed by atoms with van der Waals surface area (Å²) >= 11 is 0. The smallest absolute Gasteiger partial charge is 0.414 e. The number of halogens is 1. The number of hydrogen-bond acceptors (Lipinski definition) is 7. The van der Waals surface area contributed by atoms with E-state index in [4.69, 9.17) is 9.47 Å². The van der Waals surface area contributed by atoms with Gasteiger partial charge in [-0.1, -0.05) is 17.9 Å². The van der Waals surface area contributed by atoms with Gasteiger partial charge in [-0.25, -0.2) is 14.0 Å². The van der Waals surface area contributed by atoms with Crippen LogP contribution in [0.3, 0.4) is 0 Å². The van der Waals surface area contributed by atoms with E-state index < -0.39 is 29.7 Å². The average Bonchev–Trinajstić information content (AvgIpc) is 3.35. The maximum Gasteiger partial charge on any atom is 0.414 e. The molecule has 2 fully saturated rings. The van der Waals surface area contributed by atoms with Crippen LogP contribution in [0.25, 0.3) is 0 Å². The molecule has 0 aromatic heterocycles. The summed E-state index contributed by atoms with van der Waals surface area (Å²) in [6.07, 6.45) is -0.0945. The number of ether oxygens (including phenoxy) is 2. The number of piperazine rings is 1. The lowest BCUT2D eigenvalue weighted by Crippen LogP contribution is -2.49. The predicted molar refractivity (Wildman–Crippen MR) is 169 cm³/mol. The van der Waals surface area contributed by atoms with Gasteiger partial charge in [0.2, 0.25) is 11.8 Å². The molecule has 12 heteroatoms. The van der Waals surface area contributed by atoms with Gasteiger partial charge < -0.3 is 24.6 Å². The van der Waals surface area contributed by atoms with Gasteiger partial charge >= 0.3 is 12.2 Å². The first kappa shape index (κ1) is 33.1. The molecule has 240 valence electrons. The second-order valence-electron chi connectivity index (χ2n) is 11.9. The number of nitrogens with zero attached hydrogens (tertiary/aromatic N) is 3. The Balaban J connectivity index is 1.20. The van der Waals surface area contributed by atoms with E-state index in [9.17, 15) is 19.2 Å². The molecule has 2 N–H and O–H groups in total. The molecule has 0 saturated carbocycles. The lowest BCUT2D eigenvalue weighted by atomic mass is 10.1. The SMILES string of the molecule is CC(=O)NCC1CN(c2ccc(N3CCN(C(=O)CCCC#Cc4cccc(NC(=O)OC(C)(C)C)c4)CC3)c(F)c2)C(=O)O1. The number of carbonyl (C=O) groups is 4. The van der Waals surface area contributed by atoms with Crippen LogP contribution in [0.15, 0.2) is 42.5 Å². The van der Waals surface area contributed by atoms with Gasteiger partial charge in [-0.2, -0.15) is 0 Å². The van der Waals surface area contributed by atoms with Crippen molar-refractivity contribution in [2.45, 2.75) is 58.7 Å². The quantitative estimate of drug-likeness (QED) is 0.329. The predicted octanol–water partition coefficient (Wildman–Crippen LogP) is 4.50. The highest BCUT2D eigenvalue weighted by atomic mass is 19.1. The molecule has 2 aromatic carbocycles. The van der Waals surface area contributed by atoms with Crippen LogP contribution in [-0.4, -0.2) is 79.9 Å². The fourth-order valence-electron chi connectivity index (χ4n) is 4.96. The van der Waals surface area contributed by atoms with Crippen LogP contribution in [0.5, 0.6) is 0 Å². The molecule has 2 aliphatic heterocycles. The van der Waals surface area contributed by atoms with Gasteiger partial charge in [0, 0.05) is 57.2 Å². The molecule has 0 bridgehead atoms. The molecule has 1 unspecified atom stereocenters. The first-order chi connectivity index (χ1) is 21.4. The Hall–Kier alpha value is -4.79. The maximum atomic E-state index is 15.1. The highest BCUT2D eigenvalue weighted by Gasteiger charge is 2.33. The second kappa shape index (κ2) is 14.8. The van der Waals surface area contributed by atoms with Gasteiger partial charge in [0.05, 0.1) is 24.5 Å². The molecular formula is C33H40FN5O6. The minimum atomic E-state index is -0.590. The van der Waals surface area contributed by atoms with Gasteiger partial charge in [-0.3, -0.25) is 19.8 Å². The molecule has 11 nitrogen and oxygen atoms in total. The van der Waals surface area contributed by atoms with E-state index in [-0.39, 0.29) is 24.9 Å². The highest BCUT2D eigenvalue weighted by molar-refractivity contribution is 5.90. The highest BCUT2D eigenvalue weighted by Crippen LogP contribution is 2.28. The molecule has 2 aromatic rings. The summed E-state index contributed by atoms with van der Waals surface area (Å²) in [7, 11) is 0. The van der Waals surface area contributed by atoms with Crippen LogP contribution in [-0.2, 0) is 19.1 Å². The van der Waals surface area contributed by atoms with Crippen LogP contribution in [0.1, 0.15) is 52.5 Å². The summed E-state index contributed by atoms with van der Waals surface area (Å²) < 4.78 is 25.7. The van der Waals surface area contributed by atoms with E-state index in [0.29, 0.717) is 62.5 Å². The van der Waals surface area contributed by atoms with E-state index in [1.54, 1.807) is 56.0 Å². The fraction of sp³-hybridized carbons (Fsp3) is 0.455. The Kier molecular flexibility index (Phi) is 10.9. The van der Waals surface area contributed by atoms with E-state index in [2.05, 4.69) is 22.5 Å². The number of carbonyl (C=O) groups excluding carboxylic acids is 4. The van der Waals surface area contributed by atoms with Crippen molar-refractivity contribution in [3.05, 3.63) is 53.8 Å². The molecule has 0 aliphatic carbocycles. The standard InChI is InChI=1S/C33H40FN5O6/c1-23(40)35-21-27-22-39(32(43)44-27)26-13-14-29(28(34)20-26)37-15-17-38(18-16-37)30(41)12-7-5-6-9-24-10-8-11-25(19-24)36-31(42)45-33(2,3)4/h8,10-11,13-14,19-20,27H,5,7,12,15-18,21-22H2,1-4H3,(H,35,40)(H,36,42). The third-order valence-electron chi connectivity index (χ3n) is 7.10. The van der Waals surface area contributed by atoms with Crippen LogP contribution >= 0.6 is 0 Å². The van der Waals surface area contributed by atoms with Gasteiger partial charge in [-0.15, -0.1) is 0 Å². The number of nitrogens with one attached hydrogen (secondary N) is 2. The first-order valence-corrected chi connectivity index (χ1v) is 15.0. The van der Waals surface area contributed by atoms with Gasteiger partial charge in [0.15, 0.2) is 0 Å². The normalized spacial score (nSPS) is 16.4. The van der Waals surface area contributed by atoms with Crippen LogP contribution in [0.2, 0.25) is 0 Å². The second-order valence-corrected chi connectivity index (χ2v) is 11.9. The van der Waals surface area contributed by atoms with Crippen molar-refractivity contribution in [2.75, 3.05) is 54.4 Å². The molecular weight excluding hydrogens is 581 g/mol. The van der Waals surface area contributed by atoms with Crippen molar-refractivity contribution in [3.63, 3.8) is 0 Å². The average molecular weight is 622 g/mol. The third kappa shape index (κ3) is 9.86. The molecule has 1 atom stereocenters. The van der Waals surface area contributed by atoms with E-state index in [1.807, 2.05) is 11.0 Å². The molecule has 4 amide bonds. The molecule has 2 heterocycles. The minimum absolute atomic E-state index is 0.0391. The van der Waals surface area contributed by atoms with Crippen LogP contribution in [0, 0.1) is 17.7 Å². The van der Waals surface area contributed by atoms with Crippen LogP contribution < -0.4 is 20.4 Å². The Morgan fingerprint density at radius 3 is 2.53 bits per heavy atom. The van der Waals surface area contributed by atoms with Gasteiger partial charge in [0.1, 0.15) is 17.5 Å². The van der Waals surface area contributed by atoms with Crippen molar-refractivity contribution in [3.8, 4) is 11.8 Å². The largest absolute Gasteiger partial charge is 0.444 e. The number of unbranched alkanes of at least 4 members (excludes halogenated alkanes) is 1. The summed E-state index contributed by atoms with van der Waals surface area (Å²) in [6, 6.07) is 11.8. The number of benzene rings is 2. The fourth-order valence-corrected chi connectivity index (χ4v) is 4.96. The van der Waals surface area contributed by atoms with Crippen molar-refractivity contribution < 1.29 is 33.0 Å². The van der Waals surface area contributed by atoms with Crippen molar-refractivity contribution in [1.29, 1.82) is 0 Å². The van der Waals surface area contributed by atoms with E-state index in [1.165, 1.54) is 17.9 Å². The Labute approximate surface area is 263 Å². The van der Waals surface area contributed by atoms with Crippen molar-refractivity contribution in [2.24, 2.45) is 0 Å². The minimum Gasteiger partial charge on any atom is -0.444 e. The summed E-state index contributed by atoms with van der Waals surface area (Å²) in [5.74, 6) is 5.52. The molecule has 45 heavy (non-hydrogen) atoms. The maximum absolute atomic E-state index is 15.1. The van der Waals surface area contributed by atoms with Gasteiger partial charge in [0.25, 0.3) is 0 Å². The number of amides is 4. The number of hydrogen-bond donors (Lipinski definition) is 2. The van der Waals surface area contributed by atoms with Crippen LogP contribution in [0.4, 0.5) is 31.0 Å². The monoisotopic (exact) mass is 621 g/mol. The molecule has 2 saturated heterocycles. The first-order valence-electron chi connectivity index (χ1n) is 15.0. The summed E-state index contributed by atoms with van der Waals surface area (Å²) in [6.45, 7) is 9.11. The topological polar surface area (TPSA) is 121 Å². The zero-order valence-corrected chi connectivity index (χ0v) is 26.2. The summed E-state index contributed by atoms with van der Waals surface area (Å²) in [5, 5.41) is 5.32. The molecule has 2 aliphatic rings. The van der Waals surface area contributed by atoms with E-state index >= 15 is 4.39 Å². The summed E-state index contributed by atoms with van der Waals surface area (Å²) in [5.41, 5.74) is 1.54. The zero-order chi connectivity index (χ0) is 32.6. The Bertz CT molecular complexity index is 1470. The van der Waals surface area contributed by atoms with Crippen molar-refractivity contribution >= 4 is 41.1 Å². The lowest BCUT2D eigenvalue weighted by molar-refractivity contribution is -0.131. The number of rotatable bonds is 8. The van der Waals surface area contributed by atoms with E-state index in [0.717, 1.165) is 5.56 Å².